The van der Waals surface area contributed by atoms with Crippen LogP contribution in [-0.4, -0.2) is 4.98 Å². The Kier molecular flexibility index (Phi) is 5.41. The summed E-state index contributed by atoms with van der Waals surface area (Å²) in [5, 5.41) is 12.5. The van der Waals surface area contributed by atoms with Crippen LogP contribution < -0.4 is 9.47 Å². The van der Waals surface area contributed by atoms with Crippen LogP contribution in [-0.2, 0) is 6.18 Å². The third kappa shape index (κ3) is 4.11. The predicted octanol–water partition coefficient (Wildman–Crippen LogP) is 6.96. The molecule has 0 aliphatic heterocycles. The van der Waals surface area contributed by atoms with Gasteiger partial charge < -0.3 is 9.94 Å². The molecule has 0 amide bonds. The molecule has 0 saturated carbocycles. The lowest BCUT2D eigenvalue weighted by Gasteiger charge is -2.15. The van der Waals surface area contributed by atoms with Crippen molar-refractivity contribution in [3.05, 3.63) is 87.3 Å². The van der Waals surface area contributed by atoms with E-state index in [-0.39, 0.29) is 27.3 Å². The van der Waals surface area contributed by atoms with Crippen molar-refractivity contribution in [3.8, 4) is 22.8 Å². The second-order valence-electron chi connectivity index (χ2n) is 6.77. The number of hydrogen-bond acceptors (Lipinski definition) is 3. The molecule has 4 nitrogen and oxygen atoms in total. The molecule has 0 aliphatic carbocycles. The fraction of sp³-hybridized carbons (Fsp3) is 0.0909. The van der Waals surface area contributed by atoms with Crippen LogP contribution in [0.15, 0.2) is 60.8 Å². The molecule has 0 atom stereocenters. The summed E-state index contributed by atoms with van der Waals surface area (Å²) in [4.78, 5) is 4.03. The molecule has 4 aromatic rings. The van der Waals surface area contributed by atoms with Crippen LogP contribution in [0.2, 0.25) is 10.2 Å². The first-order chi connectivity index (χ1) is 14.6. The quantitative estimate of drug-likeness (QED) is 0.187. The molecule has 2 heterocycles. The number of benzene rings is 2. The highest BCUT2D eigenvalue weighted by Gasteiger charge is 2.33. The van der Waals surface area contributed by atoms with E-state index in [0.717, 1.165) is 6.07 Å². The SMILES string of the molecule is Cc1cnc2c(C(F)(F)F)cccc2c1-c1cccc(Oc2cc(Cl)cc(Cl)[n+]2[O-])c1. The topological polar surface area (TPSA) is 49.1 Å². The summed E-state index contributed by atoms with van der Waals surface area (Å²) in [5.41, 5.74) is 0.933. The highest BCUT2D eigenvalue weighted by molar-refractivity contribution is 6.33. The van der Waals surface area contributed by atoms with Gasteiger partial charge in [-0.1, -0.05) is 35.9 Å². The van der Waals surface area contributed by atoms with Crippen LogP contribution in [0.1, 0.15) is 11.1 Å². The van der Waals surface area contributed by atoms with Crippen LogP contribution in [0, 0.1) is 12.1 Å². The maximum Gasteiger partial charge on any atom is 0.418 e. The van der Waals surface area contributed by atoms with Crippen LogP contribution in [0.4, 0.5) is 13.2 Å². The van der Waals surface area contributed by atoms with Gasteiger partial charge >= 0.3 is 12.1 Å². The Balaban J connectivity index is 1.84. The second-order valence-corrected chi connectivity index (χ2v) is 7.60. The molecule has 0 saturated heterocycles. The van der Waals surface area contributed by atoms with Crippen molar-refractivity contribution in [3.63, 3.8) is 0 Å². The number of para-hydroxylation sites is 1. The summed E-state index contributed by atoms with van der Waals surface area (Å²) in [6, 6.07) is 13.2. The maximum absolute atomic E-state index is 13.4. The molecule has 4 rings (SSSR count). The number of hydrogen-bond donors (Lipinski definition) is 0. The van der Waals surface area contributed by atoms with E-state index in [9.17, 15) is 18.4 Å². The highest BCUT2D eigenvalue weighted by Crippen LogP contribution is 2.39. The van der Waals surface area contributed by atoms with E-state index in [0.29, 0.717) is 26.8 Å². The summed E-state index contributed by atoms with van der Waals surface area (Å²) in [5.74, 6) is 0.155. The Morgan fingerprint density at radius 3 is 2.52 bits per heavy atom. The maximum atomic E-state index is 13.4. The molecule has 2 aromatic carbocycles. The summed E-state index contributed by atoms with van der Waals surface area (Å²) in [6.07, 6.45) is -3.12. The fourth-order valence-corrected chi connectivity index (χ4v) is 3.79. The van der Waals surface area contributed by atoms with Crippen LogP contribution in [0.25, 0.3) is 22.0 Å². The van der Waals surface area contributed by atoms with Gasteiger partial charge in [0, 0.05) is 17.6 Å². The van der Waals surface area contributed by atoms with E-state index < -0.39 is 11.7 Å². The number of pyridine rings is 2. The van der Waals surface area contributed by atoms with Crippen molar-refractivity contribution >= 4 is 34.1 Å². The molecule has 0 N–H and O–H groups in total. The van der Waals surface area contributed by atoms with Crippen molar-refractivity contribution in [1.29, 1.82) is 0 Å². The fourth-order valence-electron chi connectivity index (χ4n) is 3.34. The van der Waals surface area contributed by atoms with Crippen molar-refractivity contribution in [2.75, 3.05) is 0 Å². The lowest BCUT2D eigenvalue weighted by Crippen LogP contribution is -2.29. The van der Waals surface area contributed by atoms with Gasteiger partial charge in [-0.25, -0.2) is 0 Å². The number of fused-ring (bicyclic) bond motifs is 1. The summed E-state index contributed by atoms with van der Waals surface area (Å²) < 4.78 is 46.4. The van der Waals surface area contributed by atoms with Crippen molar-refractivity contribution in [2.24, 2.45) is 0 Å². The molecular formula is C22H13Cl2F3N2O2. The normalized spacial score (nSPS) is 11.7. The van der Waals surface area contributed by atoms with E-state index in [2.05, 4.69) is 4.98 Å². The zero-order chi connectivity index (χ0) is 22.3. The Morgan fingerprint density at radius 1 is 1.03 bits per heavy atom. The number of alkyl halides is 3. The van der Waals surface area contributed by atoms with Gasteiger partial charge in [-0.15, -0.1) is 4.73 Å². The van der Waals surface area contributed by atoms with Gasteiger partial charge in [-0.2, -0.15) is 13.2 Å². The largest absolute Gasteiger partial charge is 0.615 e. The standard InChI is InChI=1S/C22H13Cl2F3N2O2/c1-12-11-28-21-16(6-3-7-17(21)22(25,26)27)20(12)13-4-2-5-15(8-13)31-19-10-14(23)9-18(24)29(19)30/h2-11H,1H3. The van der Waals surface area contributed by atoms with Gasteiger partial charge in [0.25, 0.3) is 5.15 Å². The van der Waals surface area contributed by atoms with Crippen molar-refractivity contribution in [2.45, 2.75) is 13.1 Å². The van der Waals surface area contributed by atoms with E-state index in [1.165, 1.54) is 24.4 Å². The first-order valence-corrected chi connectivity index (χ1v) is 9.73. The molecule has 0 radical (unpaired) electrons. The van der Waals surface area contributed by atoms with Crippen LogP contribution >= 0.6 is 23.2 Å². The Labute approximate surface area is 185 Å². The molecule has 0 aliphatic rings. The Bertz CT molecular complexity index is 1310. The minimum atomic E-state index is -4.53. The molecule has 0 fully saturated rings. The zero-order valence-electron chi connectivity index (χ0n) is 15.9. The number of aryl methyl sites for hydroxylation is 1. The molecule has 158 valence electrons. The van der Waals surface area contributed by atoms with Gasteiger partial charge in [-0.05, 0) is 53.4 Å². The first kappa shape index (κ1) is 21.2. The van der Waals surface area contributed by atoms with Gasteiger partial charge in [0.05, 0.1) is 22.2 Å². The van der Waals surface area contributed by atoms with E-state index in [4.69, 9.17) is 27.9 Å². The van der Waals surface area contributed by atoms with E-state index in [1.54, 1.807) is 37.3 Å². The summed E-state index contributed by atoms with van der Waals surface area (Å²) in [6.45, 7) is 1.76. The van der Waals surface area contributed by atoms with E-state index >= 15 is 0 Å². The number of halogens is 5. The van der Waals surface area contributed by atoms with Gasteiger partial charge in [0.1, 0.15) is 5.75 Å². The molecular weight excluding hydrogens is 452 g/mol. The smallest absolute Gasteiger partial charge is 0.418 e. The van der Waals surface area contributed by atoms with Crippen LogP contribution in [0.3, 0.4) is 0 Å². The monoisotopic (exact) mass is 464 g/mol. The number of aromatic nitrogens is 2. The number of rotatable bonds is 3. The molecule has 0 bridgehead atoms. The third-order valence-corrected chi connectivity index (χ3v) is 5.13. The molecule has 0 unspecified atom stereocenters. The molecule has 2 aromatic heterocycles. The lowest BCUT2D eigenvalue weighted by molar-refractivity contribution is -0.608. The second kappa shape index (κ2) is 7.90. The summed E-state index contributed by atoms with van der Waals surface area (Å²) in [7, 11) is 0. The average molecular weight is 465 g/mol. The highest BCUT2D eigenvalue weighted by atomic mass is 35.5. The van der Waals surface area contributed by atoms with Gasteiger partial charge in [-0.3, -0.25) is 4.98 Å². The Morgan fingerprint density at radius 2 is 1.77 bits per heavy atom. The number of ether oxygens (including phenoxy) is 1. The van der Waals surface area contributed by atoms with Crippen molar-refractivity contribution in [1.82, 2.24) is 4.98 Å². The predicted molar refractivity (Wildman–Crippen MR) is 112 cm³/mol. The van der Waals surface area contributed by atoms with Crippen molar-refractivity contribution < 1.29 is 22.6 Å². The third-order valence-electron chi connectivity index (χ3n) is 4.65. The van der Waals surface area contributed by atoms with E-state index in [1.807, 2.05) is 0 Å². The minimum absolute atomic E-state index is 0.134. The minimum Gasteiger partial charge on any atom is -0.615 e. The number of nitrogens with zero attached hydrogens (tertiary/aromatic N) is 2. The van der Waals surface area contributed by atoms with Gasteiger partial charge in [0.15, 0.2) is 0 Å². The zero-order valence-corrected chi connectivity index (χ0v) is 17.4. The molecule has 9 heteroatoms. The van der Waals surface area contributed by atoms with Crippen LogP contribution in [0.5, 0.6) is 11.6 Å². The lowest BCUT2D eigenvalue weighted by atomic mass is 9.95. The average Bonchev–Trinajstić information content (AvgIpc) is 2.70. The molecule has 31 heavy (non-hydrogen) atoms. The first-order valence-electron chi connectivity index (χ1n) is 8.97. The van der Waals surface area contributed by atoms with Gasteiger partial charge in [0.2, 0.25) is 0 Å². The Hall–Kier alpha value is -3.03. The summed E-state index contributed by atoms with van der Waals surface area (Å²) >= 11 is 11.8. The molecule has 0 spiro atoms.